The number of fused-ring (bicyclic) bond motifs is 1. The maximum atomic E-state index is 14.9. The van der Waals surface area contributed by atoms with E-state index in [1.165, 1.54) is 12.1 Å². The topological polar surface area (TPSA) is 61.8 Å². The minimum atomic E-state index is -0.751. The van der Waals surface area contributed by atoms with Gasteiger partial charge >= 0.3 is 0 Å². The van der Waals surface area contributed by atoms with Gasteiger partial charge in [0.15, 0.2) is 0 Å². The van der Waals surface area contributed by atoms with Gasteiger partial charge in [-0.05, 0) is 59.8 Å². The molecule has 1 amide bonds. The van der Waals surface area contributed by atoms with Crippen molar-refractivity contribution in [2.75, 3.05) is 26.3 Å². The summed E-state index contributed by atoms with van der Waals surface area (Å²) < 4.78 is 20.4. The maximum Gasteiger partial charge on any atom is 0.254 e. The van der Waals surface area contributed by atoms with Crippen LogP contribution in [0.4, 0.5) is 4.39 Å². The van der Waals surface area contributed by atoms with Crippen LogP contribution in [-0.2, 0) is 17.7 Å². The molecule has 0 unspecified atom stereocenters. The molecule has 2 N–H and O–H groups in total. The third-order valence-corrected chi connectivity index (χ3v) is 6.79. The van der Waals surface area contributed by atoms with Crippen molar-refractivity contribution >= 4 is 5.91 Å². The molecule has 0 radical (unpaired) electrons. The monoisotopic (exact) mass is 490 g/mol. The Morgan fingerprint density at radius 3 is 2.61 bits per heavy atom. The normalized spacial score (nSPS) is 16.8. The maximum absolute atomic E-state index is 14.9. The summed E-state index contributed by atoms with van der Waals surface area (Å²) in [5.41, 5.74) is 4.60. The van der Waals surface area contributed by atoms with Crippen molar-refractivity contribution < 1.29 is 19.0 Å². The van der Waals surface area contributed by atoms with Gasteiger partial charge in [-0.15, -0.1) is 0 Å². The summed E-state index contributed by atoms with van der Waals surface area (Å²) in [6, 6.07) is 19.7. The molecular formula is C30H35FN2O3. The first-order valence-electron chi connectivity index (χ1n) is 12.8. The van der Waals surface area contributed by atoms with Crippen molar-refractivity contribution in [1.82, 2.24) is 10.2 Å². The van der Waals surface area contributed by atoms with E-state index in [1.54, 1.807) is 6.07 Å². The first-order valence-corrected chi connectivity index (χ1v) is 12.8. The predicted octanol–water partition coefficient (Wildman–Crippen LogP) is 5.13. The van der Waals surface area contributed by atoms with Gasteiger partial charge < -0.3 is 15.2 Å². The molecule has 2 atom stereocenters. The van der Waals surface area contributed by atoms with Crippen molar-refractivity contribution in [3.8, 4) is 11.1 Å². The van der Waals surface area contributed by atoms with Crippen molar-refractivity contribution in [3.63, 3.8) is 0 Å². The van der Waals surface area contributed by atoms with Gasteiger partial charge in [-0.1, -0.05) is 61.5 Å². The minimum absolute atomic E-state index is 0.0297. The molecule has 0 heterocycles. The van der Waals surface area contributed by atoms with E-state index >= 15 is 0 Å². The van der Waals surface area contributed by atoms with Crippen LogP contribution in [0, 0.1) is 5.82 Å². The number of amides is 1. The number of benzene rings is 3. The number of rotatable bonds is 11. The van der Waals surface area contributed by atoms with Gasteiger partial charge in [-0.2, -0.15) is 0 Å². The molecule has 36 heavy (non-hydrogen) atoms. The molecule has 0 fully saturated rings. The molecule has 190 valence electrons. The van der Waals surface area contributed by atoms with Gasteiger partial charge in [0.1, 0.15) is 5.82 Å². The van der Waals surface area contributed by atoms with E-state index in [0.717, 1.165) is 61.5 Å². The molecule has 5 nitrogen and oxygen atoms in total. The Labute approximate surface area is 212 Å². The van der Waals surface area contributed by atoms with Crippen LogP contribution in [0.5, 0.6) is 0 Å². The number of carbonyl (C=O) groups excluding carboxylic acids is 1. The molecule has 4 rings (SSSR count). The molecule has 3 aromatic rings. The summed E-state index contributed by atoms with van der Waals surface area (Å²) in [4.78, 5) is 15.4. The third-order valence-electron chi connectivity index (χ3n) is 6.79. The lowest BCUT2D eigenvalue weighted by Crippen LogP contribution is -2.34. The average molecular weight is 491 g/mol. The molecule has 0 aromatic heterocycles. The fourth-order valence-electron chi connectivity index (χ4n) is 4.81. The number of aliphatic hydroxyl groups is 1. The van der Waals surface area contributed by atoms with E-state index < -0.39 is 23.9 Å². The minimum Gasteiger partial charge on any atom is -0.390 e. The largest absolute Gasteiger partial charge is 0.390 e. The first-order chi connectivity index (χ1) is 17.5. The van der Waals surface area contributed by atoms with Gasteiger partial charge in [0, 0.05) is 32.7 Å². The molecule has 0 saturated heterocycles. The number of hydrogen-bond acceptors (Lipinski definition) is 4. The highest BCUT2D eigenvalue weighted by Crippen LogP contribution is 2.33. The number of carbonyl (C=O) groups is 1. The Balaban J connectivity index is 1.46. The number of halogens is 1. The van der Waals surface area contributed by atoms with Gasteiger partial charge in [-0.3, -0.25) is 9.69 Å². The quantitative estimate of drug-likeness (QED) is 0.366. The third kappa shape index (κ3) is 6.19. The van der Waals surface area contributed by atoms with E-state index in [1.807, 2.05) is 43.3 Å². The highest BCUT2D eigenvalue weighted by Gasteiger charge is 2.33. The van der Waals surface area contributed by atoms with Gasteiger partial charge in [0.25, 0.3) is 5.91 Å². The molecule has 0 aliphatic heterocycles. The number of ether oxygens (including phenoxy) is 1. The average Bonchev–Trinajstić information content (AvgIpc) is 3.20. The van der Waals surface area contributed by atoms with Gasteiger partial charge in [-0.25, -0.2) is 4.39 Å². The van der Waals surface area contributed by atoms with Crippen molar-refractivity contribution in [2.45, 2.75) is 45.4 Å². The van der Waals surface area contributed by atoms with Gasteiger partial charge in [0.05, 0.1) is 17.7 Å². The summed E-state index contributed by atoms with van der Waals surface area (Å²) in [5, 5.41) is 13.6. The lowest BCUT2D eigenvalue weighted by Gasteiger charge is -2.22. The smallest absolute Gasteiger partial charge is 0.254 e. The number of nitrogens with one attached hydrogen (secondary N) is 1. The summed E-state index contributed by atoms with van der Waals surface area (Å²) >= 11 is 0. The predicted molar refractivity (Wildman–Crippen MR) is 140 cm³/mol. The SMILES string of the molecule is CCOCCCN(CC)Cc1ccc2c(c1)[C@@H](NC(=O)c1ccc(-c3ccccc3)cc1F)[C@H](O)C2. The van der Waals surface area contributed by atoms with Crippen LogP contribution < -0.4 is 5.32 Å². The highest BCUT2D eigenvalue weighted by atomic mass is 19.1. The number of hydrogen-bond donors (Lipinski definition) is 2. The standard InChI is InChI=1S/C30H35FN2O3/c1-3-33(15-8-16-36-4-2)20-21-11-12-24-19-28(34)29(26(24)17-21)32-30(35)25-14-13-23(18-27(25)31)22-9-6-5-7-10-22/h5-7,9-14,17-18,28-29,34H,3-4,8,15-16,19-20H2,1-2H3,(H,32,35)/t28-,29-/m1/s1. The van der Waals surface area contributed by atoms with E-state index in [-0.39, 0.29) is 5.56 Å². The van der Waals surface area contributed by atoms with Crippen LogP contribution >= 0.6 is 0 Å². The van der Waals surface area contributed by atoms with E-state index in [0.29, 0.717) is 12.0 Å². The summed E-state index contributed by atoms with van der Waals surface area (Å²) in [7, 11) is 0. The molecule has 1 aliphatic rings. The molecule has 6 heteroatoms. The Morgan fingerprint density at radius 2 is 1.89 bits per heavy atom. The summed E-state index contributed by atoms with van der Waals surface area (Å²) in [6.45, 7) is 8.26. The Morgan fingerprint density at radius 1 is 1.08 bits per heavy atom. The molecule has 1 aliphatic carbocycles. The summed E-state index contributed by atoms with van der Waals surface area (Å²) in [5.74, 6) is -1.11. The van der Waals surface area contributed by atoms with E-state index in [4.69, 9.17) is 4.74 Å². The van der Waals surface area contributed by atoms with Crippen LogP contribution in [0.2, 0.25) is 0 Å². The Hall–Kier alpha value is -3.06. The van der Waals surface area contributed by atoms with Crippen LogP contribution in [0.15, 0.2) is 66.7 Å². The van der Waals surface area contributed by atoms with Crippen LogP contribution in [0.25, 0.3) is 11.1 Å². The first kappa shape index (κ1) is 26.0. The molecule has 3 aromatic carbocycles. The van der Waals surface area contributed by atoms with Crippen LogP contribution in [0.1, 0.15) is 53.4 Å². The lowest BCUT2D eigenvalue weighted by molar-refractivity contribution is 0.0854. The highest BCUT2D eigenvalue weighted by molar-refractivity contribution is 5.95. The lowest BCUT2D eigenvalue weighted by atomic mass is 10.0. The molecule has 0 bridgehead atoms. The fourth-order valence-corrected chi connectivity index (χ4v) is 4.81. The zero-order chi connectivity index (χ0) is 25.5. The van der Waals surface area contributed by atoms with Crippen molar-refractivity contribution in [2.24, 2.45) is 0 Å². The zero-order valence-corrected chi connectivity index (χ0v) is 21.0. The van der Waals surface area contributed by atoms with Gasteiger partial charge in [0.2, 0.25) is 0 Å². The molecular weight excluding hydrogens is 455 g/mol. The van der Waals surface area contributed by atoms with Crippen LogP contribution in [-0.4, -0.2) is 48.3 Å². The second-order valence-corrected chi connectivity index (χ2v) is 9.24. The Bertz CT molecular complexity index is 1170. The molecule has 0 saturated carbocycles. The molecule has 0 spiro atoms. The van der Waals surface area contributed by atoms with E-state index in [9.17, 15) is 14.3 Å². The Kier molecular flexibility index (Phi) is 8.86. The van der Waals surface area contributed by atoms with Crippen molar-refractivity contribution in [3.05, 3.63) is 94.8 Å². The van der Waals surface area contributed by atoms with Crippen molar-refractivity contribution in [1.29, 1.82) is 0 Å². The second-order valence-electron chi connectivity index (χ2n) is 9.24. The van der Waals surface area contributed by atoms with Crippen LogP contribution in [0.3, 0.4) is 0 Å². The number of nitrogens with zero attached hydrogens (tertiary/aromatic N) is 1. The second kappa shape index (κ2) is 12.3. The fraction of sp³-hybridized carbons (Fsp3) is 0.367. The van der Waals surface area contributed by atoms with E-state index in [2.05, 4.69) is 29.3 Å². The number of aliphatic hydroxyl groups excluding tert-OH is 1. The summed E-state index contributed by atoms with van der Waals surface area (Å²) in [6.07, 6.45) is 0.680. The zero-order valence-electron chi connectivity index (χ0n) is 21.0.